The second-order valence-corrected chi connectivity index (χ2v) is 0. The maximum atomic E-state index is 3.89. The monoisotopic (exact) mass is 705 g/mol. The van der Waals surface area contributed by atoms with Crippen LogP contribution >= 0.6 is 8.02 Å². The lowest BCUT2D eigenvalue weighted by molar-refractivity contribution is 2.50. The number of hydrogen-bond donors (Lipinski definition) is 0. The van der Waals surface area contributed by atoms with E-state index < -0.39 is 0 Å². The molecule has 0 saturated carbocycles. The van der Waals surface area contributed by atoms with Crippen LogP contribution in [0.1, 0.15) is 297 Å². The Morgan fingerprint density at radius 3 is 0.0952 bits per heavy atom. The summed E-state index contributed by atoms with van der Waals surface area (Å²) in [6, 6.07) is 0. The van der Waals surface area contributed by atoms with E-state index in [4.69, 9.17) is 0 Å². The molecule has 0 aliphatic rings. The zero-order valence-electron chi connectivity index (χ0n) is 0.908. The van der Waals surface area contributed by atoms with E-state index in [1.54, 1.807) is 0 Å². The van der Waals surface area contributed by atoms with Crippen LogP contribution in [0.2, 0.25) is 0 Å². The highest BCUT2D eigenvalue weighted by Gasteiger charge is 0.655. The molecular formula is C40H161PS. The van der Waals surface area contributed by atoms with Crippen LogP contribution in [0.5, 0.6) is 0 Å². The highest BCUT2D eigenvalue weighted by Crippen LogP contribution is 1.26. The van der Waals surface area contributed by atoms with E-state index >= 15 is 0 Å². The molecule has 332 valence electrons. The minimum Gasteiger partial charge on any atom is -0.0776 e. The third-order valence-electron chi connectivity index (χ3n) is 0. The predicted octanol–water partition coefficient (Wildman–Crippen LogP) is 26.0. The smallest absolute Gasteiger partial charge is 0.0437 e. The maximum absolute atomic E-state index is 3.89. The van der Waals surface area contributed by atoms with Gasteiger partial charge in [0.05, 0.1) is 0 Å². The molecule has 0 aromatic heterocycles. The van der Waals surface area contributed by atoms with E-state index in [9.17, 15) is 0 Å². The molecule has 0 fully saturated rings. The minimum absolute atomic E-state index is 0. The molecule has 0 aromatic carbocycles. The maximum Gasteiger partial charge on any atom is -0.0437 e. The van der Waals surface area contributed by atoms with Crippen LogP contribution in [0.3, 0.4) is 0 Å². The van der Waals surface area contributed by atoms with Crippen LogP contribution in [-0.2, 0) is 11.8 Å². The standard InChI is InChI=1S/40CH4.HPS/c;;;;;;;;;;;;;;;;;;;;;;;;;;;;;;;;;;;;;;;;1-2/h40*1H4;1H. The van der Waals surface area contributed by atoms with Crippen molar-refractivity contribution in [3.63, 3.8) is 0 Å². The summed E-state index contributed by atoms with van der Waals surface area (Å²) in [5, 5.41) is 0. The molecule has 0 nitrogen and oxygen atoms in total. The molecule has 0 aliphatic carbocycles. The second-order valence-electron chi connectivity index (χ2n) is 0. The zero-order valence-corrected chi connectivity index (χ0v) is 2.72. The molecule has 0 spiro atoms. The Kier molecular flexibility index (Phi) is 190000000. The lowest BCUT2D eigenvalue weighted by Gasteiger charge is -0.760. The third kappa shape index (κ3) is 234000. The number of hydrogen-bond acceptors (Lipinski definition) is 1. The summed E-state index contributed by atoms with van der Waals surface area (Å²) in [4.78, 5) is 0. The summed E-state index contributed by atoms with van der Waals surface area (Å²) in [5.74, 6) is 0. The molecule has 0 radical (unpaired) electrons. The van der Waals surface area contributed by atoms with Crippen LogP contribution in [-0.4, -0.2) is 0 Å². The van der Waals surface area contributed by atoms with Gasteiger partial charge in [-0.25, -0.2) is 0 Å². The van der Waals surface area contributed by atoms with Gasteiger partial charge in [-0.15, -0.1) is 0 Å². The SMILES string of the molecule is C.C.C.C.C.C.C.C.C.C.C.C.C.C.C.C.C.C.C.C.C.C.C.C.C.C.C.C.C.C.C.C.C.C.C.C.C.C.C.C.P=S. The fraction of sp³-hybridized carbons (Fsp3) is 1.00. The Morgan fingerprint density at radius 2 is 0.0952 bits per heavy atom. The van der Waals surface area contributed by atoms with Gasteiger partial charge in [0, 0.05) is 0 Å². The van der Waals surface area contributed by atoms with Crippen molar-refractivity contribution in [1.29, 1.82) is 0 Å². The van der Waals surface area contributed by atoms with E-state index in [1.165, 1.54) is 0 Å². The average molecular weight is 706 g/mol. The summed E-state index contributed by atoms with van der Waals surface area (Å²) < 4.78 is 0. The summed E-state index contributed by atoms with van der Waals surface area (Å²) in [6.45, 7) is 0. The second kappa shape index (κ2) is 252000. The molecule has 0 bridgehead atoms. The Labute approximate surface area is 316 Å². The molecule has 0 aromatic rings. The Morgan fingerprint density at radius 1 is 0.0952 bits per heavy atom. The fourth-order valence-corrected chi connectivity index (χ4v) is 0. The Bertz CT molecular complexity index is 13.6. The van der Waals surface area contributed by atoms with Crippen LogP contribution in [0, 0.1) is 0 Å². The van der Waals surface area contributed by atoms with Gasteiger partial charge in [0.25, 0.3) is 0 Å². The van der Waals surface area contributed by atoms with E-state index in [2.05, 4.69) is 19.8 Å². The first-order valence-electron chi connectivity index (χ1n) is 0.204. The largest absolute Gasteiger partial charge is 0.0776 e. The quantitative estimate of drug-likeness (QED) is 0.226. The summed E-state index contributed by atoms with van der Waals surface area (Å²) in [6.07, 6.45) is 0. The highest BCUT2D eigenvalue weighted by molar-refractivity contribution is 7.88. The minimum atomic E-state index is 0. The molecule has 2 heteroatoms. The van der Waals surface area contributed by atoms with Crippen LogP contribution in [0.4, 0.5) is 0 Å². The summed E-state index contributed by atoms with van der Waals surface area (Å²) in [5.41, 5.74) is 0. The van der Waals surface area contributed by atoms with Crippen LogP contribution in [0.15, 0.2) is 0 Å². The molecule has 0 amide bonds. The van der Waals surface area contributed by atoms with Gasteiger partial charge in [0.15, 0.2) is 0 Å². The van der Waals surface area contributed by atoms with Crippen molar-refractivity contribution in [3.8, 4) is 0 Å². The Balaban J connectivity index is -0.00000000000641. The van der Waals surface area contributed by atoms with Gasteiger partial charge in [-0.05, 0) is 8.02 Å². The van der Waals surface area contributed by atoms with Crippen molar-refractivity contribution >= 4 is 19.8 Å². The molecule has 42 heavy (non-hydrogen) atoms. The van der Waals surface area contributed by atoms with Crippen LogP contribution in [0.25, 0.3) is 0 Å². The molecular weight excluding hydrogens is 543 g/mol. The predicted molar refractivity (Wildman–Crippen MR) is 285 cm³/mol. The first-order chi connectivity index (χ1) is 1.00. The first-order valence-corrected chi connectivity index (χ1v) is 1.84. The molecule has 0 saturated heterocycles. The third-order valence-corrected chi connectivity index (χ3v) is 0. The lowest BCUT2D eigenvalue weighted by atomic mass is 12.0. The summed E-state index contributed by atoms with van der Waals surface area (Å²) >= 11 is 3.89. The lowest BCUT2D eigenvalue weighted by Crippen LogP contribution is -0.399. The molecule has 0 atom stereocenters. The van der Waals surface area contributed by atoms with Crippen molar-refractivity contribution in [1.82, 2.24) is 0 Å². The van der Waals surface area contributed by atoms with Crippen molar-refractivity contribution in [2.24, 2.45) is 0 Å². The van der Waals surface area contributed by atoms with E-state index in [0.29, 0.717) is 0 Å². The van der Waals surface area contributed by atoms with Crippen molar-refractivity contribution in [2.75, 3.05) is 0 Å². The van der Waals surface area contributed by atoms with Gasteiger partial charge in [0.1, 0.15) is 0 Å². The highest BCUT2D eigenvalue weighted by atomic mass is 32.4. The normalized spacial score (nSPS) is 0.0952. The van der Waals surface area contributed by atoms with Crippen molar-refractivity contribution in [3.05, 3.63) is 0 Å². The van der Waals surface area contributed by atoms with Crippen LogP contribution < -0.4 is 0 Å². The summed E-state index contributed by atoms with van der Waals surface area (Å²) in [7, 11) is 2.56. The average Bonchev–Trinajstić information content (AvgIpc) is 1.00. The topological polar surface area (TPSA) is 0 Å². The van der Waals surface area contributed by atoms with Gasteiger partial charge in [-0.2, -0.15) is 0 Å². The van der Waals surface area contributed by atoms with Gasteiger partial charge in [0.2, 0.25) is 0 Å². The van der Waals surface area contributed by atoms with Gasteiger partial charge in [-0.3, -0.25) is 0 Å². The van der Waals surface area contributed by atoms with E-state index in [0.717, 1.165) is 0 Å². The van der Waals surface area contributed by atoms with Crippen molar-refractivity contribution in [2.45, 2.75) is 297 Å². The van der Waals surface area contributed by atoms with E-state index in [1.807, 2.05) is 0 Å². The Hall–Kier alpha value is 0.520. The zero-order chi connectivity index (χ0) is 2.00. The van der Waals surface area contributed by atoms with E-state index in [-0.39, 0.29) is 297 Å². The molecule has 0 aliphatic heterocycles. The van der Waals surface area contributed by atoms with Gasteiger partial charge < -0.3 is 0 Å². The molecule has 0 unspecified atom stereocenters. The molecule has 0 rings (SSSR count). The van der Waals surface area contributed by atoms with Gasteiger partial charge >= 0.3 is 0 Å². The van der Waals surface area contributed by atoms with Crippen molar-refractivity contribution < 1.29 is 0 Å². The fourth-order valence-electron chi connectivity index (χ4n) is 0. The van der Waals surface area contributed by atoms with Gasteiger partial charge in [-0.1, -0.05) is 309 Å². The molecule has 0 heterocycles. The first kappa shape index (κ1) is 31700. The number of rotatable bonds is 0. The molecule has 0 N–H and O–H groups in total.